The van der Waals surface area contributed by atoms with Crippen LogP contribution in [-0.4, -0.2) is 25.0 Å². The normalized spacial score (nSPS) is 20.0. The molecule has 1 aromatic rings. The van der Waals surface area contributed by atoms with Crippen LogP contribution in [0.5, 0.6) is 0 Å². The van der Waals surface area contributed by atoms with Gasteiger partial charge in [0.2, 0.25) is 0 Å². The van der Waals surface area contributed by atoms with Gasteiger partial charge < -0.3 is 10.6 Å². The number of carbonyl (C=O) groups is 1. The van der Waals surface area contributed by atoms with E-state index in [1.165, 1.54) is 18.2 Å². The molecule has 92 valence electrons. The molecule has 0 saturated carbocycles. The van der Waals surface area contributed by atoms with E-state index in [1.54, 1.807) is 6.92 Å². The second-order valence-electron chi connectivity index (χ2n) is 4.48. The van der Waals surface area contributed by atoms with Crippen LogP contribution >= 0.6 is 0 Å². The lowest BCUT2D eigenvalue weighted by atomic mass is 10.0. The molecule has 2 N–H and O–H groups in total. The highest BCUT2D eigenvalue weighted by molar-refractivity contribution is 5.95. The molecular weight excluding hydrogens is 219 g/mol. The Labute approximate surface area is 100 Å². The zero-order valence-corrected chi connectivity index (χ0v) is 9.92. The molecule has 1 aliphatic rings. The third-order valence-corrected chi connectivity index (χ3v) is 3.07. The fourth-order valence-electron chi connectivity index (χ4n) is 2.12. The van der Waals surface area contributed by atoms with Crippen molar-refractivity contribution in [1.29, 1.82) is 0 Å². The number of aryl methyl sites for hydroxylation is 1. The van der Waals surface area contributed by atoms with E-state index in [9.17, 15) is 9.18 Å². The van der Waals surface area contributed by atoms with E-state index in [0.717, 1.165) is 25.9 Å². The number of rotatable bonds is 2. The summed E-state index contributed by atoms with van der Waals surface area (Å²) in [4.78, 5) is 12.0. The minimum Gasteiger partial charge on any atom is -0.348 e. The number of halogens is 1. The molecule has 1 saturated heterocycles. The Morgan fingerprint density at radius 2 is 2.35 bits per heavy atom. The van der Waals surface area contributed by atoms with Crippen LogP contribution in [0, 0.1) is 12.7 Å². The van der Waals surface area contributed by atoms with Crippen molar-refractivity contribution in [3.63, 3.8) is 0 Å². The quantitative estimate of drug-likeness (QED) is 0.819. The lowest BCUT2D eigenvalue weighted by Gasteiger charge is -2.24. The van der Waals surface area contributed by atoms with E-state index in [0.29, 0.717) is 11.1 Å². The lowest BCUT2D eigenvalue weighted by Crippen LogP contribution is -2.45. The molecule has 1 amide bonds. The van der Waals surface area contributed by atoms with Gasteiger partial charge in [-0.3, -0.25) is 4.79 Å². The van der Waals surface area contributed by atoms with E-state index >= 15 is 0 Å². The van der Waals surface area contributed by atoms with Gasteiger partial charge in [-0.2, -0.15) is 0 Å². The maximum absolute atomic E-state index is 12.9. The van der Waals surface area contributed by atoms with Gasteiger partial charge in [-0.25, -0.2) is 4.39 Å². The molecule has 3 nitrogen and oxygen atoms in total. The predicted molar refractivity (Wildman–Crippen MR) is 64.5 cm³/mol. The number of nitrogens with one attached hydrogen (secondary N) is 2. The van der Waals surface area contributed by atoms with Crippen LogP contribution in [0.3, 0.4) is 0 Å². The van der Waals surface area contributed by atoms with Gasteiger partial charge in [-0.1, -0.05) is 0 Å². The van der Waals surface area contributed by atoms with E-state index in [2.05, 4.69) is 10.6 Å². The Bertz CT molecular complexity index is 414. The van der Waals surface area contributed by atoms with Crippen LogP contribution in [0.4, 0.5) is 4.39 Å². The zero-order valence-electron chi connectivity index (χ0n) is 9.92. The first-order valence-corrected chi connectivity index (χ1v) is 5.94. The fraction of sp³-hybridized carbons (Fsp3) is 0.462. The van der Waals surface area contributed by atoms with Crippen molar-refractivity contribution in [1.82, 2.24) is 10.6 Å². The van der Waals surface area contributed by atoms with Crippen LogP contribution in [0.2, 0.25) is 0 Å². The molecule has 0 aliphatic carbocycles. The first-order valence-electron chi connectivity index (χ1n) is 5.94. The van der Waals surface area contributed by atoms with E-state index in [1.807, 2.05) is 0 Å². The average molecular weight is 236 g/mol. The standard InChI is InChI=1S/C13H17FN2O/c1-9-7-10(14)4-5-12(9)13(17)16-11-3-2-6-15-8-11/h4-5,7,11,15H,2-3,6,8H2,1H3,(H,16,17)/t11-/m1/s1. The first-order chi connectivity index (χ1) is 8.16. The summed E-state index contributed by atoms with van der Waals surface area (Å²) in [6.45, 7) is 3.57. The molecule has 4 heteroatoms. The molecule has 1 fully saturated rings. The first kappa shape index (κ1) is 12.0. The lowest BCUT2D eigenvalue weighted by molar-refractivity contribution is 0.0930. The van der Waals surface area contributed by atoms with Gasteiger partial charge in [0.05, 0.1) is 0 Å². The average Bonchev–Trinajstić information content (AvgIpc) is 2.30. The van der Waals surface area contributed by atoms with E-state index in [4.69, 9.17) is 0 Å². The van der Waals surface area contributed by atoms with Crippen molar-refractivity contribution in [2.45, 2.75) is 25.8 Å². The summed E-state index contributed by atoms with van der Waals surface area (Å²) in [6.07, 6.45) is 2.08. The highest BCUT2D eigenvalue weighted by atomic mass is 19.1. The van der Waals surface area contributed by atoms with Crippen molar-refractivity contribution >= 4 is 5.91 Å². The van der Waals surface area contributed by atoms with E-state index < -0.39 is 0 Å². The largest absolute Gasteiger partial charge is 0.348 e. The van der Waals surface area contributed by atoms with Crippen LogP contribution in [0.1, 0.15) is 28.8 Å². The van der Waals surface area contributed by atoms with Crippen LogP contribution in [0.25, 0.3) is 0 Å². The monoisotopic (exact) mass is 236 g/mol. The predicted octanol–water partition coefficient (Wildman–Crippen LogP) is 1.62. The molecule has 0 spiro atoms. The number of hydrogen-bond acceptors (Lipinski definition) is 2. The van der Waals surface area contributed by atoms with Gasteiger partial charge in [-0.15, -0.1) is 0 Å². The van der Waals surface area contributed by atoms with Gasteiger partial charge in [0, 0.05) is 18.2 Å². The Balaban J connectivity index is 2.03. The molecule has 1 aromatic carbocycles. The van der Waals surface area contributed by atoms with E-state index in [-0.39, 0.29) is 17.8 Å². The van der Waals surface area contributed by atoms with Crippen LogP contribution < -0.4 is 10.6 Å². The second-order valence-corrected chi connectivity index (χ2v) is 4.48. The maximum Gasteiger partial charge on any atom is 0.251 e. The Morgan fingerprint density at radius 1 is 1.53 bits per heavy atom. The number of hydrogen-bond donors (Lipinski definition) is 2. The minimum absolute atomic E-state index is 0.115. The summed E-state index contributed by atoms with van der Waals surface area (Å²) in [5, 5.41) is 6.21. The zero-order chi connectivity index (χ0) is 12.3. The van der Waals surface area contributed by atoms with Crippen molar-refractivity contribution in [3.8, 4) is 0 Å². The number of piperidine rings is 1. The number of amides is 1. The summed E-state index contributed by atoms with van der Waals surface area (Å²) < 4.78 is 12.9. The summed E-state index contributed by atoms with van der Waals surface area (Å²) >= 11 is 0. The molecule has 2 rings (SSSR count). The highest BCUT2D eigenvalue weighted by Crippen LogP contribution is 2.11. The molecular formula is C13H17FN2O. The van der Waals surface area contributed by atoms with Gasteiger partial charge in [0.15, 0.2) is 0 Å². The fourth-order valence-corrected chi connectivity index (χ4v) is 2.12. The molecule has 0 unspecified atom stereocenters. The Hall–Kier alpha value is -1.42. The number of carbonyl (C=O) groups excluding carboxylic acids is 1. The molecule has 17 heavy (non-hydrogen) atoms. The summed E-state index contributed by atoms with van der Waals surface area (Å²) in [7, 11) is 0. The topological polar surface area (TPSA) is 41.1 Å². The highest BCUT2D eigenvalue weighted by Gasteiger charge is 2.17. The molecule has 1 heterocycles. The maximum atomic E-state index is 12.9. The smallest absolute Gasteiger partial charge is 0.251 e. The summed E-state index contributed by atoms with van der Waals surface area (Å²) in [5.41, 5.74) is 1.23. The van der Waals surface area contributed by atoms with Gasteiger partial charge >= 0.3 is 0 Å². The minimum atomic E-state index is -0.307. The van der Waals surface area contributed by atoms with Crippen LogP contribution in [-0.2, 0) is 0 Å². The molecule has 0 aromatic heterocycles. The van der Waals surface area contributed by atoms with Gasteiger partial charge in [-0.05, 0) is 50.1 Å². The van der Waals surface area contributed by atoms with Gasteiger partial charge in [0.25, 0.3) is 5.91 Å². The van der Waals surface area contributed by atoms with Crippen molar-refractivity contribution in [3.05, 3.63) is 35.1 Å². The Kier molecular flexibility index (Phi) is 3.74. The third kappa shape index (κ3) is 3.03. The number of benzene rings is 1. The van der Waals surface area contributed by atoms with Crippen molar-refractivity contribution in [2.24, 2.45) is 0 Å². The molecule has 1 atom stereocenters. The van der Waals surface area contributed by atoms with Gasteiger partial charge in [0.1, 0.15) is 5.82 Å². The summed E-state index contributed by atoms with van der Waals surface area (Å²) in [6, 6.07) is 4.42. The van der Waals surface area contributed by atoms with Crippen molar-refractivity contribution in [2.75, 3.05) is 13.1 Å². The molecule has 1 aliphatic heterocycles. The Morgan fingerprint density at radius 3 is 3.00 bits per heavy atom. The van der Waals surface area contributed by atoms with Crippen molar-refractivity contribution < 1.29 is 9.18 Å². The summed E-state index contributed by atoms with van der Waals surface area (Å²) in [5.74, 6) is -0.422. The molecule has 0 bridgehead atoms. The molecule has 0 radical (unpaired) electrons. The van der Waals surface area contributed by atoms with Crippen LogP contribution in [0.15, 0.2) is 18.2 Å². The second kappa shape index (κ2) is 5.27. The SMILES string of the molecule is Cc1cc(F)ccc1C(=O)N[C@@H]1CCCNC1. The third-order valence-electron chi connectivity index (χ3n) is 3.07.